The lowest BCUT2D eigenvalue weighted by atomic mass is 9.95. The Labute approximate surface area is 118 Å². The van der Waals surface area contributed by atoms with Crippen LogP contribution in [0.25, 0.3) is 16.8 Å². The van der Waals surface area contributed by atoms with Crippen molar-refractivity contribution in [1.82, 2.24) is 5.32 Å². The van der Waals surface area contributed by atoms with E-state index in [2.05, 4.69) is 35.7 Å². The summed E-state index contributed by atoms with van der Waals surface area (Å²) in [6, 6.07) is 10.4. The summed E-state index contributed by atoms with van der Waals surface area (Å²) < 4.78 is 5.67. The number of ether oxygens (including phenoxy) is 1. The Kier molecular flexibility index (Phi) is 3.42. The van der Waals surface area contributed by atoms with E-state index in [1.165, 1.54) is 16.3 Å². The van der Waals surface area contributed by atoms with E-state index in [0.29, 0.717) is 13.2 Å². The second-order valence-electron chi connectivity index (χ2n) is 4.94. The monoisotopic (exact) mass is 267 g/mol. The Hall–Kier alpha value is -2.29. The lowest BCUT2D eigenvalue weighted by Gasteiger charge is -2.17. The topological polar surface area (TPSA) is 38.3 Å². The first-order valence-electron chi connectivity index (χ1n) is 6.84. The van der Waals surface area contributed by atoms with Crippen molar-refractivity contribution in [1.29, 1.82) is 0 Å². The van der Waals surface area contributed by atoms with E-state index in [-0.39, 0.29) is 5.91 Å². The summed E-state index contributed by atoms with van der Waals surface area (Å²) >= 11 is 0. The second kappa shape index (κ2) is 5.37. The van der Waals surface area contributed by atoms with Gasteiger partial charge in [-0.1, -0.05) is 30.3 Å². The fourth-order valence-corrected chi connectivity index (χ4v) is 2.64. The van der Waals surface area contributed by atoms with Crippen LogP contribution in [0.15, 0.2) is 36.4 Å². The van der Waals surface area contributed by atoms with Gasteiger partial charge in [0, 0.05) is 19.0 Å². The van der Waals surface area contributed by atoms with Crippen molar-refractivity contribution in [2.75, 3.05) is 13.2 Å². The van der Waals surface area contributed by atoms with Crippen molar-refractivity contribution in [3.63, 3.8) is 0 Å². The van der Waals surface area contributed by atoms with Gasteiger partial charge >= 0.3 is 0 Å². The van der Waals surface area contributed by atoms with Gasteiger partial charge in [0.2, 0.25) is 5.91 Å². The third-order valence-corrected chi connectivity index (χ3v) is 3.52. The van der Waals surface area contributed by atoms with E-state index in [1.54, 1.807) is 6.92 Å². The van der Waals surface area contributed by atoms with E-state index in [9.17, 15) is 4.79 Å². The standard InChI is InChI=1S/C17H17NO2/c1-12(19)18-10-9-14-5-2-4-13-7-8-16-15(17(13)14)6-3-11-20-16/h2-8H,9-11H2,1H3,(H,18,19). The van der Waals surface area contributed by atoms with Gasteiger partial charge in [0.1, 0.15) is 12.4 Å². The predicted octanol–water partition coefficient (Wildman–Crippen LogP) is 2.92. The smallest absolute Gasteiger partial charge is 0.216 e. The lowest BCUT2D eigenvalue weighted by Crippen LogP contribution is -2.22. The molecule has 0 unspecified atom stereocenters. The number of benzene rings is 2. The molecular weight excluding hydrogens is 250 g/mol. The van der Waals surface area contributed by atoms with Crippen molar-refractivity contribution in [2.24, 2.45) is 0 Å². The minimum atomic E-state index is 0.00972. The zero-order valence-electron chi connectivity index (χ0n) is 11.5. The van der Waals surface area contributed by atoms with Gasteiger partial charge in [0.25, 0.3) is 0 Å². The molecule has 0 saturated carbocycles. The van der Waals surface area contributed by atoms with Crippen LogP contribution in [0.4, 0.5) is 0 Å². The van der Waals surface area contributed by atoms with Crippen LogP contribution in [-0.4, -0.2) is 19.1 Å². The first kappa shape index (κ1) is 12.7. The van der Waals surface area contributed by atoms with Crippen molar-refractivity contribution in [2.45, 2.75) is 13.3 Å². The van der Waals surface area contributed by atoms with Gasteiger partial charge in [-0.2, -0.15) is 0 Å². The molecule has 0 fully saturated rings. The second-order valence-corrected chi connectivity index (χ2v) is 4.94. The molecule has 3 nitrogen and oxygen atoms in total. The first-order chi connectivity index (χ1) is 9.75. The maximum Gasteiger partial charge on any atom is 0.216 e. The van der Waals surface area contributed by atoms with Gasteiger partial charge in [-0.05, 0) is 34.9 Å². The van der Waals surface area contributed by atoms with Crippen molar-refractivity contribution < 1.29 is 9.53 Å². The van der Waals surface area contributed by atoms with Gasteiger partial charge in [-0.25, -0.2) is 0 Å². The van der Waals surface area contributed by atoms with Crippen LogP contribution in [0.5, 0.6) is 5.75 Å². The van der Waals surface area contributed by atoms with Crippen LogP contribution in [0.1, 0.15) is 18.1 Å². The number of rotatable bonds is 3. The number of fused-ring (bicyclic) bond motifs is 3. The summed E-state index contributed by atoms with van der Waals surface area (Å²) in [5.74, 6) is 0.947. The molecule has 2 aromatic carbocycles. The summed E-state index contributed by atoms with van der Waals surface area (Å²) in [4.78, 5) is 11.0. The molecule has 0 bridgehead atoms. The van der Waals surface area contributed by atoms with Crippen LogP contribution < -0.4 is 10.1 Å². The molecule has 0 atom stereocenters. The molecule has 3 heteroatoms. The normalized spacial score (nSPS) is 12.8. The highest BCUT2D eigenvalue weighted by Crippen LogP contribution is 2.33. The molecule has 20 heavy (non-hydrogen) atoms. The fourth-order valence-electron chi connectivity index (χ4n) is 2.64. The fraction of sp³-hybridized carbons (Fsp3) is 0.235. The van der Waals surface area contributed by atoms with E-state index < -0.39 is 0 Å². The van der Waals surface area contributed by atoms with Crippen molar-refractivity contribution >= 4 is 22.8 Å². The Morgan fingerprint density at radius 1 is 1.30 bits per heavy atom. The molecular formula is C17H17NO2. The SMILES string of the molecule is CC(=O)NCCc1cccc2ccc3c(c12)C=CCO3. The number of hydrogen-bond donors (Lipinski definition) is 1. The number of carbonyl (C=O) groups excluding carboxylic acids is 1. The Balaban J connectivity index is 2.03. The molecule has 102 valence electrons. The molecule has 3 rings (SSSR count). The average molecular weight is 267 g/mol. The molecule has 1 N–H and O–H groups in total. The molecule has 1 aliphatic heterocycles. The predicted molar refractivity (Wildman–Crippen MR) is 80.9 cm³/mol. The van der Waals surface area contributed by atoms with E-state index in [1.807, 2.05) is 12.1 Å². The summed E-state index contributed by atoms with van der Waals surface area (Å²) in [6.45, 7) is 2.83. The highest BCUT2D eigenvalue weighted by atomic mass is 16.5. The van der Waals surface area contributed by atoms with Gasteiger partial charge in [-0.3, -0.25) is 4.79 Å². The van der Waals surface area contributed by atoms with E-state index >= 15 is 0 Å². The molecule has 1 aliphatic rings. The van der Waals surface area contributed by atoms with Crippen LogP contribution in [-0.2, 0) is 11.2 Å². The average Bonchev–Trinajstić information content (AvgIpc) is 2.46. The number of carbonyl (C=O) groups is 1. The van der Waals surface area contributed by atoms with Gasteiger partial charge in [0.15, 0.2) is 0 Å². The molecule has 0 aromatic heterocycles. The zero-order chi connectivity index (χ0) is 13.9. The summed E-state index contributed by atoms with van der Waals surface area (Å²) in [6.07, 6.45) is 4.98. The molecule has 0 saturated heterocycles. The van der Waals surface area contributed by atoms with Crippen molar-refractivity contribution in [3.05, 3.63) is 47.5 Å². The van der Waals surface area contributed by atoms with Gasteiger partial charge < -0.3 is 10.1 Å². The highest BCUT2D eigenvalue weighted by Gasteiger charge is 2.12. The van der Waals surface area contributed by atoms with Crippen LogP contribution in [0, 0.1) is 0 Å². The van der Waals surface area contributed by atoms with Gasteiger partial charge in [0.05, 0.1) is 0 Å². The number of nitrogens with one attached hydrogen (secondary N) is 1. The molecule has 0 aliphatic carbocycles. The maximum absolute atomic E-state index is 11.0. The Morgan fingerprint density at radius 2 is 2.20 bits per heavy atom. The molecule has 0 spiro atoms. The molecule has 1 heterocycles. The highest BCUT2D eigenvalue weighted by molar-refractivity contribution is 5.96. The summed E-state index contributed by atoms with van der Waals surface area (Å²) in [7, 11) is 0. The zero-order valence-corrected chi connectivity index (χ0v) is 11.5. The molecule has 2 aromatic rings. The van der Waals surface area contributed by atoms with Crippen LogP contribution in [0.2, 0.25) is 0 Å². The van der Waals surface area contributed by atoms with Crippen molar-refractivity contribution in [3.8, 4) is 5.75 Å². The molecule has 1 amide bonds. The largest absolute Gasteiger partial charge is 0.489 e. The molecule has 0 radical (unpaired) electrons. The summed E-state index contributed by atoms with van der Waals surface area (Å²) in [5, 5.41) is 5.29. The van der Waals surface area contributed by atoms with E-state index in [4.69, 9.17) is 4.74 Å². The third-order valence-electron chi connectivity index (χ3n) is 3.52. The lowest BCUT2D eigenvalue weighted by molar-refractivity contribution is -0.118. The minimum Gasteiger partial charge on any atom is -0.489 e. The summed E-state index contributed by atoms with van der Waals surface area (Å²) in [5.41, 5.74) is 2.38. The Morgan fingerprint density at radius 3 is 3.05 bits per heavy atom. The number of hydrogen-bond acceptors (Lipinski definition) is 2. The quantitative estimate of drug-likeness (QED) is 0.928. The Bertz CT molecular complexity index is 689. The van der Waals surface area contributed by atoms with E-state index in [0.717, 1.165) is 17.7 Å². The van der Waals surface area contributed by atoms with Gasteiger partial charge in [-0.15, -0.1) is 0 Å². The number of amides is 1. The third kappa shape index (κ3) is 2.39. The first-order valence-corrected chi connectivity index (χ1v) is 6.84. The minimum absolute atomic E-state index is 0.00972. The van der Waals surface area contributed by atoms with Crippen LogP contribution >= 0.6 is 0 Å². The maximum atomic E-state index is 11.0. The van der Waals surface area contributed by atoms with Crippen LogP contribution in [0.3, 0.4) is 0 Å².